The smallest absolute Gasteiger partial charge is 0.179 e. The molecule has 0 N–H and O–H groups in total. The maximum atomic E-state index is 12.5. The Kier molecular flexibility index (Phi) is 7.20. The average Bonchev–Trinajstić information content (AvgIpc) is 2.42. The molecule has 1 rings (SSSR count). The number of benzene rings is 1. The minimum atomic E-state index is -0.159. The van der Waals surface area contributed by atoms with Crippen LogP contribution in [0.1, 0.15) is 31.1 Å². The lowest BCUT2D eigenvalue weighted by Gasteiger charge is -2.29. The third-order valence-electron chi connectivity index (χ3n) is 3.24. The van der Waals surface area contributed by atoms with Gasteiger partial charge in [-0.25, -0.2) is 0 Å². The summed E-state index contributed by atoms with van der Waals surface area (Å²) in [4.78, 5) is 14.7. The number of methoxy groups -OCH3 is 1. The Hall–Kier alpha value is -0.900. The van der Waals surface area contributed by atoms with Crippen LogP contribution in [-0.2, 0) is 4.74 Å². The van der Waals surface area contributed by atoms with E-state index in [1.807, 2.05) is 6.92 Å². The van der Waals surface area contributed by atoms with Crippen molar-refractivity contribution in [3.63, 3.8) is 0 Å². The molecular weight excluding hydrogens is 274 g/mol. The topological polar surface area (TPSA) is 29.5 Å². The molecule has 4 heteroatoms. The first-order valence-corrected chi connectivity index (χ1v) is 7.36. The monoisotopic (exact) mass is 297 g/mol. The molecule has 1 atom stereocenters. The molecule has 0 aromatic heterocycles. The van der Waals surface area contributed by atoms with Crippen molar-refractivity contribution < 1.29 is 9.53 Å². The summed E-state index contributed by atoms with van der Waals surface area (Å²) < 4.78 is 5.13. The Labute approximate surface area is 126 Å². The Balaban J connectivity index is 2.78. The van der Waals surface area contributed by atoms with Gasteiger partial charge in [0.1, 0.15) is 0 Å². The van der Waals surface area contributed by atoms with Crippen molar-refractivity contribution in [2.24, 2.45) is 5.92 Å². The highest BCUT2D eigenvalue weighted by atomic mass is 35.5. The van der Waals surface area contributed by atoms with Gasteiger partial charge in [-0.15, -0.1) is 0 Å². The number of halogens is 1. The number of rotatable bonds is 8. The van der Waals surface area contributed by atoms with Gasteiger partial charge in [-0.1, -0.05) is 25.4 Å². The van der Waals surface area contributed by atoms with E-state index in [1.165, 1.54) is 0 Å². The largest absolute Gasteiger partial charge is 0.383 e. The molecule has 0 bridgehead atoms. The molecule has 0 heterocycles. The molecule has 0 saturated heterocycles. The van der Waals surface area contributed by atoms with E-state index >= 15 is 0 Å². The van der Waals surface area contributed by atoms with Gasteiger partial charge in [-0.05, 0) is 37.1 Å². The second-order valence-corrected chi connectivity index (χ2v) is 5.87. The highest BCUT2D eigenvalue weighted by Crippen LogP contribution is 2.14. The minimum Gasteiger partial charge on any atom is -0.383 e. The molecule has 1 aromatic carbocycles. The molecular formula is C16H24ClNO2. The highest BCUT2D eigenvalue weighted by molar-refractivity contribution is 6.30. The van der Waals surface area contributed by atoms with Crippen molar-refractivity contribution >= 4 is 17.4 Å². The standard InChI is InChI=1S/C16H24ClNO2/c1-12(2)11-18(9-10-20-4)13(3)16(19)14-5-7-15(17)8-6-14/h5-8,12-13H,9-11H2,1-4H3. The van der Waals surface area contributed by atoms with Crippen LogP contribution in [-0.4, -0.2) is 43.5 Å². The van der Waals surface area contributed by atoms with Crippen LogP contribution in [0.5, 0.6) is 0 Å². The van der Waals surface area contributed by atoms with Gasteiger partial charge in [0.05, 0.1) is 12.6 Å². The lowest BCUT2D eigenvalue weighted by atomic mass is 10.0. The molecule has 0 aliphatic rings. The summed E-state index contributed by atoms with van der Waals surface area (Å²) in [6, 6.07) is 6.91. The second kappa shape index (κ2) is 8.40. The molecule has 112 valence electrons. The summed E-state index contributed by atoms with van der Waals surface area (Å²) in [6.45, 7) is 8.53. The molecule has 1 unspecified atom stereocenters. The normalized spacial score (nSPS) is 12.9. The first-order chi connectivity index (χ1) is 9.45. The molecule has 0 saturated carbocycles. The van der Waals surface area contributed by atoms with E-state index in [0.717, 1.165) is 13.1 Å². The third-order valence-corrected chi connectivity index (χ3v) is 3.49. The first kappa shape index (κ1) is 17.2. The summed E-state index contributed by atoms with van der Waals surface area (Å²) in [5, 5.41) is 0.646. The second-order valence-electron chi connectivity index (χ2n) is 5.43. The van der Waals surface area contributed by atoms with E-state index in [9.17, 15) is 4.79 Å². The zero-order chi connectivity index (χ0) is 15.1. The summed E-state index contributed by atoms with van der Waals surface area (Å²) in [7, 11) is 1.68. The van der Waals surface area contributed by atoms with Gasteiger partial charge in [0.25, 0.3) is 0 Å². The van der Waals surface area contributed by atoms with E-state index in [-0.39, 0.29) is 11.8 Å². The fourth-order valence-electron chi connectivity index (χ4n) is 2.14. The SMILES string of the molecule is COCCN(CC(C)C)C(C)C(=O)c1ccc(Cl)cc1. The van der Waals surface area contributed by atoms with Crippen molar-refractivity contribution in [3.8, 4) is 0 Å². The van der Waals surface area contributed by atoms with E-state index in [1.54, 1.807) is 31.4 Å². The van der Waals surface area contributed by atoms with Crippen LogP contribution in [0.4, 0.5) is 0 Å². The molecule has 3 nitrogen and oxygen atoms in total. The van der Waals surface area contributed by atoms with Gasteiger partial charge in [-0.3, -0.25) is 9.69 Å². The van der Waals surface area contributed by atoms with Crippen LogP contribution in [0.3, 0.4) is 0 Å². The van der Waals surface area contributed by atoms with Crippen molar-refractivity contribution in [2.45, 2.75) is 26.8 Å². The van der Waals surface area contributed by atoms with Crippen LogP contribution in [0.25, 0.3) is 0 Å². The Morgan fingerprint density at radius 1 is 1.25 bits per heavy atom. The van der Waals surface area contributed by atoms with Crippen LogP contribution < -0.4 is 0 Å². The van der Waals surface area contributed by atoms with E-state index < -0.39 is 0 Å². The molecule has 0 aliphatic heterocycles. The molecule has 0 radical (unpaired) electrons. The van der Waals surface area contributed by atoms with Gasteiger partial charge < -0.3 is 4.74 Å². The number of ether oxygens (including phenoxy) is 1. The zero-order valence-corrected chi connectivity index (χ0v) is 13.5. The van der Waals surface area contributed by atoms with Crippen molar-refractivity contribution in [1.82, 2.24) is 4.90 Å². The number of Topliss-reactive ketones (excluding diaryl/α,β-unsaturated/α-hetero) is 1. The molecule has 0 fully saturated rings. The maximum absolute atomic E-state index is 12.5. The fourth-order valence-corrected chi connectivity index (χ4v) is 2.27. The van der Waals surface area contributed by atoms with Gasteiger partial charge >= 0.3 is 0 Å². The van der Waals surface area contributed by atoms with Crippen molar-refractivity contribution in [1.29, 1.82) is 0 Å². The Bertz CT molecular complexity index is 417. The molecule has 20 heavy (non-hydrogen) atoms. The number of nitrogens with zero attached hydrogens (tertiary/aromatic N) is 1. The van der Waals surface area contributed by atoms with Crippen LogP contribution in [0.15, 0.2) is 24.3 Å². The number of ketones is 1. The van der Waals surface area contributed by atoms with Gasteiger partial charge in [0.2, 0.25) is 0 Å². The van der Waals surface area contributed by atoms with Crippen molar-refractivity contribution in [2.75, 3.05) is 26.8 Å². The predicted molar refractivity (Wildman–Crippen MR) is 83.5 cm³/mol. The van der Waals surface area contributed by atoms with Crippen LogP contribution in [0.2, 0.25) is 5.02 Å². The number of hydrogen-bond acceptors (Lipinski definition) is 3. The van der Waals surface area contributed by atoms with Crippen molar-refractivity contribution in [3.05, 3.63) is 34.9 Å². The van der Waals surface area contributed by atoms with Crippen LogP contribution >= 0.6 is 11.6 Å². The summed E-state index contributed by atoms with van der Waals surface area (Å²) in [5.41, 5.74) is 0.702. The van der Waals surface area contributed by atoms with Gasteiger partial charge in [0, 0.05) is 30.8 Å². The number of hydrogen-bond donors (Lipinski definition) is 0. The first-order valence-electron chi connectivity index (χ1n) is 6.98. The molecule has 1 aromatic rings. The lowest BCUT2D eigenvalue weighted by molar-refractivity contribution is 0.0750. The Morgan fingerprint density at radius 3 is 2.35 bits per heavy atom. The number of carbonyl (C=O) groups excluding carboxylic acids is 1. The predicted octanol–water partition coefficient (Wildman–Crippen LogP) is 3.52. The summed E-state index contributed by atoms with van der Waals surface area (Å²) in [5.74, 6) is 0.630. The minimum absolute atomic E-state index is 0.124. The van der Waals surface area contributed by atoms with Gasteiger partial charge in [-0.2, -0.15) is 0 Å². The average molecular weight is 298 g/mol. The zero-order valence-electron chi connectivity index (χ0n) is 12.7. The van der Waals surface area contributed by atoms with Crippen LogP contribution in [0, 0.1) is 5.92 Å². The molecule has 0 amide bonds. The van der Waals surface area contributed by atoms with E-state index in [2.05, 4.69) is 18.7 Å². The molecule has 0 aliphatic carbocycles. The van der Waals surface area contributed by atoms with Gasteiger partial charge in [0.15, 0.2) is 5.78 Å². The Morgan fingerprint density at radius 2 is 1.85 bits per heavy atom. The number of carbonyl (C=O) groups is 1. The maximum Gasteiger partial charge on any atom is 0.179 e. The summed E-state index contributed by atoms with van der Waals surface area (Å²) >= 11 is 5.86. The molecule has 0 spiro atoms. The third kappa shape index (κ3) is 5.23. The fraction of sp³-hybridized carbons (Fsp3) is 0.562. The quantitative estimate of drug-likeness (QED) is 0.688. The van der Waals surface area contributed by atoms with E-state index in [4.69, 9.17) is 16.3 Å². The van der Waals surface area contributed by atoms with E-state index in [0.29, 0.717) is 23.1 Å². The summed E-state index contributed by atoms with van der Waals surface area (Å²) in [6.07, 6.45) is 0. The lowest BCUT2D eigenvalue weighted by Crippen LogP contribution is -2.43. The highest BCUT2D eigenvalue weighted by Gasteiger charge is 2.22.